The average Bonchev–Trinajstić information content (AvgIpc) is 2.17. The lowest BCUT2D eigenvalue weighted by atomic mass is 9.93. The number of rotatable bonds is 3. The SMILES string of the molecule is CC1CCNC(C(=O)NC(C)(C)CO)C1. The lowest BCUT2D eigenvalue weighted by Gasteiger charge is -2.31. The lowest BCUT2D eigenvalue weighted by molar-refractivity contribution is -0.126. The minimum Gasteiger partial charge on any atom is -0.394 e. The van der Waals surface area contributed by atoms with Crippen LogP contribution in [-0.4, -0.2) is 35.7 Å². The van der Waals surface area contributed by atoms with Crippen molar-refractivity contribution in [2.75, 3.05) is 13.2 Å². The van der Waals surface area contributed by atoms with Gasteiger partial charge in [-0.05, 0) is 39.2 Å². The molecule has 1 aliphatic rings. The molecule has 0 aromatic carbocycles. The molecule has 1 rings (SSSR count). The third-order valence-corrected chi connectivity index (χ3v) is 2.84. The van der Waals surface area contributed by atoms with Gasteiger partial charge in [-0.25, -0.2) is 0 Å². The summed E-state index contributed by atoms with van der Waals surface area (Å²) in [6.07, 6.45) is 2.01. The van der Waals surface area contributed by atoms with Crippen molar-refractivity contribution in [1.82, 2.24) is 10.6 Å². The van der Waals surface area contributed by atoms with Crippen LogP contribution in [0.3, 0.4) is 0 Å². The van der Waals surface area contributed by atoms with Gasteiger partial charge in [-0.2, -0.15) is 0 Å². The number of hydrogen-bond donors (Lipinski definition) is 3. The molecular formula is C11H22N2O2. The van der Waals surface area contributed by atoms with E-state index in [9.17, 15) is 4.79 Å². The molecule has 1 aliphatic heterocycles. The van der Waals surface area contributed by atoms with Gasteiger partial charge in [0.05, 0.1) is 18.2 Å². The second kappa shape index (κ2) is 4.94. The van der Waals surface area contributed by atoms with Crippen LogP contribution in [0.1, 0.15) is 33.6 Å². The number of nitrogens with one attached hydrogen (secondary N) is 2. The first-order chi connectivity index (χ1) is 6.94. The van der Waals surface area contributed by atoms with Gasteiger partial charge in [-0.1, -0.05) is 6.92 Å². The molecule has 4 heteroatoms. The van der Waals surface area contributed by atoms with Gasteiger partial charge in [0, 0.05) is 0 Å². The fraction of sp³-hybridized carbons (Fsp3) is 0.909. The van der Waals surface area contributed by atoms with Crippen LogP contribution >= 0.6 is 0 Å². The van der Waals surface area contributed by atoms with Crippen LogP contribution < -0.4 is 10.6 Å². The highest BCUT2D eigenvalue weighted by molar-refractivity contribution is 5.82. The Morgan fingerprint density at radius 1 is 1.60 bits per heavy atom. The first kappa shape index (κ1) is 12.5. The molecule has 15 heavy (non-hydrogen) atoms. The number of piperidine rings is 1. The third-order valence-electron chi connectivity index (χ3n) is 2.84. The van der Waals surface area contributed by atoms with Crippen molar-refractivity contribution in [3.05, 3.63) is 0 Å². The average molecular weight is 214 g/mol. The highest BCUT2D eigenvalue weighted by Crippen LogP contribution is 2.15. The maximum absolute atomic E-state index is 11.8. The van der Waals surface area contributed by atoms with Crippen molar-refractivity contribution in [3.8, 4) is 0 Å². The molecule has 0 aromatic rings. The molecule has 0 spiro atoms. The Balaban J connectivity index is 2.46. The van der Waals surface area contributed by atoms with E-state index in [1.54, 1.807) is 0 Å². The van der Waals surface area contributed by atoms with Crippen molar-refractivity contribution < 1.29 is 9.90 Å². The van der Waals surface area contributed by atoms with E-state index in [4.69, 9.17) is 5.11 Å². The van der Waals surface area contributed by atoms with Gasteiger partial charge in [0.1, 0.15) is 0 Å². The van der Waals surface area contributed by atoms with E-state index in [2.05, 4.69) is 17.6 Å². The summed E-state index contributed by atoms with van der Waals surface area (Å²) in [4.78, 5) is 11.8. The summed E-state index contributed by atoms with van der Waals surface area (Å²) in [5.74, 6) is 0.597. The van der Waals surface area contributed by atoms with E-state index >= 15 is 0 Å². The maximum atomic E-state index is 11.8. The zero-order valence-corrected chi connectivity index (χ0v) is 9.84. The number of amides is 1. The minimum atomic E-state index is -0.528. The Hall–Kier alpha value is -0.610. The minimum absolute atomic E-state index is 0.000556. The monoisotopic (exact) mass is 214 g/mol. The van der Waals surface area contributed by atoms with Crippen LogP contribution in [0.5, 0.6) is 0 Å². The highest BCUT2D eigenvalue weighted by atomic mass is 16.3. The Morgan fingerprint density at radius 3 is 2.80 bits per heavy atom. The highest BCUT2D eigenvalue weighted by Gasteiger charge is 2.28. The van der Waals surface area contributed by atoms with Crippen LogP contribution in [-0.2, 0) is 4.79 Å². The van der Waals surface area contributed by atoms with E-state index in [0.717, 1.165) is 19.4 Å². The molecule has 2 unspecified atom stereocenters. The van der Waals surface area contributed by atoms with Crippen LogP contribution in [0.15, 0.2) is 0 Å². The molecule has 3 N–H and O–H groups in total. The van der Waals surface area contributed by atoms with Gasteiger partial charge in [0.2, 0.25) is 5.91 Å². The molecule has 1 heterocycles. The van der Waals surface area contributed by atoms with E-state index in [1.807, 2.05) is 13.8 Å². The topological polar surface area (TPSA) is 61.4 Å². The van der Waals surface area contributed by atoms with Gasteiger partial charge in [0.25, 0.3) is 0 Å². The summed E-state index contributed by atoms with van der Waals surface area (Å²) in [5.41, 5.74) is -0.528. The quantitative estimate of drug-likeness (QED) is 0.631. The van der Waals surface area contributed by atoms with Crippen LogP contribution in [0.25, 0.3) is 0 Å². The van der Waals surface area contributed by atoms with Crippen molar-refractivity contribution in [2.45, 2.75) is 45.2 Å². The molecule has 1 saturated heterocycles. The maximum Gasteiger partial charge on any atom is 0.237 e. The largest absolute Gasteiger partial charge is 0.394 e. The summed E-state index contributed by atoms with van der Waals surface area (Å²) in [6, 6.07) is -0.0976. The van der Waals surface area contributed by atoms with Gasteiger partial charge >= 0.3 is 0 Å². The molecule has 0 saturated carbocycles. The predicted molar refractivity (Wildman–Crippen MR) is 59.5 cm³/mol. The Kier molecular flexibility index (Phi) is 4.11. The van der Waals surface area contributed by atoms with Crippen LogP contribution in [0, 0.1) is 5.92 Å². The summed E-state index contributed by atoms with van der Waals surface area (Å²) < 4.78 is 0. The molecule has 4 nitrogen and oxygen atoms in total. The van der Waals surface area contributed by atoms with Gasteiger partial charge in [-0.15, -0.1) is 0 Å². The second-order valence-corrected chi connectivity index (χ2v) is 5.17. The van der Waals surface area contributed by atoms with Crippen molar-refractivity contribution in [3.63, 3.8) is 0 Å². The molecule has 2 atom stereocenters. The number of aliphatic hydroxyl groups is 1. The zero-order chi connectivity index (χ0) is 11.5. The molecule has 0 bridgehead atoms. The summed E-state index contributed by atoms with van der Waals surface area (Å²) >= 11 is 0. The number of aliphatic hydroxyl groups excluding tert-OH is 1. The molecule has 0 aliphatic carbocycles. The van der Waals surface area contributed by atoms with Gasteiger partial charge in [-0.3, -0.25) is 4.79 Å². The van der Waals surface area contributed by atoms with E-state index in [1.165, 1.54) is 0 Å². The first-order valence-corrected chi connectivity index (χ1v) is 5.61. The summed E-state index contributed by atoms with van der Waals surface area (Å²) in [7, 11) is 0. The fourth-order valence-electron chi connectivity index (χ4n) is 1.77. The van der Waals surface area contributed by atoms with Gasteiger partial charge < -0.3 is 15.7 Å². The fourth-order valence-corrected chi connectivity index (χ4v) is 1.77. The van der Waals surface area contributed by atoms with E-state index < -0.39 is 5.54 Å². The van der Waals surface area contributed by atoms with Crippen LogP contribution in [0.2, 0.25) is 0 Å². The number of carbonyl (C=O) groups is 1. The van der Waals surface area contributed by atoms with Crippen LogP contribution in [0.4, 0.5) is 0 Å². The van der Waals surface area contributed by atoms with Crippen molar-refractivity contribution >= 4 is 5.91 Å². The predicted octanol–water partition coefficient (Wildman–Crippen LogP) is 0.262. The molecule has 1 amide bonds. The molecular weight excluding hydrogens is 192 g/mol. The van der Waals surface area contributed by atoms with E-state index in [0.29, 0.717) is 5.92 Å². The summed E-state index contributed by atoms with van der Waals surface area (Å²) in [5, 5.41) is 15.1. The summed E-state index contributed by atoms with van der Waals surface area (Å²) in [6.45, 7) is 6.66. The first-order valence-electron chi connectivity index (χ1n) is 5.61. The number of hydrogen-bond acceptors (Lipinski definition) is 3. The molecule has 0 aromatic heterocycles. The smallest absolute Gasteiger partial charge is 0.237 e. The number of carbonyl (C=O) groups excluding carboxylic acids is 1. The third kappa shape index (κ3) is 3.80. The molecule has 1 fully saturated rings. The van der Waals surface area contributed by atoms with Gasteiger partial charge in [0.15, 0.2) is 0 Å². The zero-order valence-electron chi connectivity index (χ0n) is 9.84. The second-order valence-electron chi connectivity index (χ2n) is 5.17. The Labute approximate surface area is 91.4 Å². The lowest BCUT2D eigenvalue weighted by Crippen LogP contribution is -2.55. The van der Waals surface area contributed by atoms with Crippen molar-refractivity contribution in [2.24, 2.45) is 5.92 Å². The van der Waals surface area contributed by atoms with Crippen molar-refractivity contribution in [1.29, 1.82) is 0 Å². The molecule has 88 valence electrons. The Morgan fingerprint density at radius 2 is 2.27 bits per heavy atom. The normalized spacial score (nSPS) is 27.5. The standard InChI is InChI=1S/C11H22N2O2/c1-8-4-5-12-9(6-8)10(15)13-11(2,3)7-14/h8-9,12,14H,4-7H2,1-3H3,(H,13,15). The Bertz CT molecular complexity index is 229. The van der Waals surface area contributed by atoms with E-state index in [-0.39, 0.29) is 18.6 Å². The molecule has 0 radical (unpaired) electrons.